The minimum Gasteiger partial charge on any atom is -0.461 e. The highest BCUT2D eigenvalue weighted by atomic mass is 16.5. The van der Waals surface area contributed by atoms with Crippen LogP contribution in [0.15, 0.2) is 0 Å². The molecule has 1 aliphatic rings. The van der Waals surface area contributed by atoms with Crippen LogP contribution in [-0.4, -0.2) is 41.0 Å². The van der Waals surface area contributed by atoms with Crippen LogP contribution in [0, 0.1) is 0 Å². The van der Waals surface area contributed by atoms with Crippen molar-refractivity contribution in [2.24, 2.45) is 0 Å². The molecule has 1 aliphatic heterocycles. The lowest BCUT2D eigenvalue weighted by Gasteiger charge is -2.25. The van der Waals surface area contributed by atoms with E-state index in [9.17, 15) is 4.79 Å². The quantitative estimate of drug-likeness (QED) is 0.740. The van der Waals surface area contributed by atoms with E-state index in [1.54, 1.807) is 6.92 Å². The average molecular weight is 236 g/mol. The highest BCUT2D eigenvalue weighted by Crippen LogP contribution is 2.20. The maximum Gasteiger partial charge on any atom is 0.357 e. The molecule has 2 heterocycles. The maximum absolute atomic E-state index is 11.8. The molecule has 2 N–H and O–H groups in total. The highest BCUT2D eigenvalue weighted by molar-refractivity contribution is 5.89. The van der Waals surface area contributed by atoms with Crippen molar-refractivity contribution in [1.82, 2.24) is 14.9 Å². The van der Waals surface area contributed by atoms with Gasteiger partial charge in [-0.25, -0.2) is 14.8 Å². The molecule has 1 aromatic rings. The molecule has 6 heteroatoms. The zero-order valence-electron chi connectivity index (χ0n) is 10.1. The van der Waals surface area contributed by atoms with Gasteiger partial charge in [0, 0.05) is 25.1 Å². The molecule has 0 fully saturated rings. The van der Waals surface area contributed by atoms with Gasteiger partial charge >= 0.3 is 5.97 Å². The van der Waals surface area contributed by atoms with Crippen molar-refractivity contribution >= 4 is 11.9 Å². The lowest BCUT2D eigenvalue weighted by molar-refractivity contribution is 0.0516. The molecule has 0 unspecified atom stereocenters. The zero-order chi connectivity index (χ0) is 12.4. The van der Waals surface area contributed by atoms with Crippen molar-refractivity contribution in [3.63, 3.8) is 0 Å². The molecule has 0 aromatic carbocycles. The first-order valence-corrected chi connectivity index (χ1v) is 5.62. The van der Waals surface area contributed by atoms with E-state index in [0.29, 0.717) is 18.8 Å². The van der Waals surface area contributed by atoms with E-state index >= 15 is 0 Å². The van der Waals surface area contributed by atoms with Gasteiger partial charge < -0.3 is 15.4 Å². The third kappa shape index (κ3) is 2.36. The molecule has 0 amide bonds. The number of nitrogen functional groups attached to an aromatic ring is 1. The summed E-state index contributed by atoms with van der Waals surface area (Å²) in [5.74, 6) is -0.287. The van der Waals surface area contributed by atoms with Crippen LogP contribution in [0.25, 0.3) is 0 Å². The molecule has 0 atom stereocenters. The van der Waals surface area contributed by atoms with Gasteiger partial charge in [-0.1, -0.05) is 0 Å². The zero-order valence-corrected chi connectivity index (χ0v) is 10.1. The predicted molar refractivity (Wildman–Crippen MR) is 62.4 cm³/mol. The molecule has 0 radical (unpaired) electrons. The lowest BCUT2D eigenvalue weighted by atomic mass is 10.0. The van der Waals surface area contributed by atoms with Crippen molar-refractivity contribution < 1.29 is 9.53 Å². The molecule has 0 saturated carbocycles. The second-order valence-corrected chi connectivity index (χ2v) is 4.06. The molecule has 0 saturated heterocycles. The van der Waals surface area contributed by atoms with E-state index in [0.717, 1.165) is 24.2 Å². The Balaban J connectivity index is 2.43. The van der Waals surface area contributed by atoms with Crippen LogP contribution in [0.3, 0.4) is 0 Å². The first-order valence-electron chi connectivity index (χ1n) is 5.62. The predicted octanol–water partition coefficient (Wildman–Crippen LogP) is 0.223. The Morgan fingerprint density at radius 2 is 2.29 bits per heavy atom. The smallest absolute Gasteiger partial charge is 0.357 e. The van der Waals surface area contributed by atoms with Gasteiger partial charge in [0.2, 0.25) is 5.95 Å². The molecule has 0 spiro atoms. The van der Waals surface area contributed by atoms with Crippen molar-refractivity contribution in [2.45, 2.75) is 19.9 Å². The fourth-order valence-corrected chi connectivity index (χ4v) is 1.94. The third-order valence-electron chi connectivity index (χ3n) is 2.74. The fourth-order valence-electron chi connectivity index (χ4n) is 1.94. The highest BCUT2D eigenvalue weighted by Gasteiger charge is 2.24. The number of carbonyl (C=O) groups is 1. The number of carbonyl (C=O) groups excluding carboxylic acids is 1. The van der Waals surface area contributed by atoms with E-state index < -0.39 is 5.97 Å². The van der Waals surface area contributed by atoms with Crippen LogP contribution in [0.4, 0.5) is 5.95 Å². The van der Waals surface area contributed by atoms with Crippen molar-refractivity contribution in [3.05, 3.63) is 17.0 Å². The topological polar surface area (TPSA) is 81.3 Å². The fraction of sp³-hybridized carbons (Fsp3) is 0.545. The summed E-state index contributed by atoms with van der Waals surface area (Å²) in [6.45, 7) is 3.66. The number of hydrogen-bond acceptors (Lipinski definition) is 6. The summed E-state index contributed by atoms with van der Waals surface area (Å²) in [6, 6.07) is 0. The molecular formula is C11H16N4O2. The standard InChI is InChI=1S/C11H16N4O2/c1-3-17-10(16)9-7-6-15(2)5-4-8(7)13-11(12)14-9/h3-6H2,1-2H3,(H2,12,13,14). The van der Waals surface area contributed by atoms with E-state index in [4.69, 9.17) is 10.5 Å². The first-order chi connectivity index (χ1) is 8.11. The number of rotatable bonds is 2. The first kappa shape index (κ1) is 11.8. The van der Waals surface area contributed by atoms with Crippen LogP contribution in [0.5, 0.6) is 0 Å². The summed E-state index contributed by atoms with van der Waals surface area (Å²) in [5, 5.41) is 0. The van der Waals surface area contributed by atoms with Crippen LogP contribution >= 0.6 is 0 Å². The largest absolute Gasteiger partial charge is 0.461 e. The molecule has 92 valence electrons. The van der Waals surface area contributed by atoms with E-state index in [1.807, 2.05) is 7.05 Å². The maximum atomic E-state index is 11.8. The summed E-state index contributed by atoms with van der Waals surface area (Å²) in [6.07, 6.45) is 0.783. The number of hydrogen-bond donors (Lipinski definition) is 1. The van der Waals surface area contributed by atoms with Crippen LogP contribution in [-0.2, 0) is 17.7 Å². The number of nitrogens with two attached hydrogens (primary N) is 1. The summed E-state index contributed by atoms with van der Waals surface area (Å²) in [7, 11) is 1.99. The van der Waals surface area contributed by atoms with Crippen molar-refractivity contribution in [3.8, 4) is 0 Å². The van der Waals surface area contributed by atoms with Gasteiger partial charge in [0.25, 0.3) is 0 Å². The van der Waals surface area contributed by atoms with Crippen LogP contribution in [0.1, 0.15) is 28.7 Å². The minimum absolute atomic E-state index is 0.136. The number of aromatic nitrogens is 2. The molecule has 2 rings (SSSR count). The Kier molecular flexibility index (Phi) is 3.23. The van der Waals surface area contributed by atoms with Gasteiger partial charge in [-0.05, 0) is 14.0 Å². The SMILES string of the molecule is CCOC(=O)c1nc(N)nc2c1CN(C)CC2. The molecule has 6 nitrogen and oxygen atoms in total. The van der Waals surface area contributed by atoms with Crippen LogP contribution in [0.2, 0.25) is 0 Å². The number of esters is 1. The molecule has 1 aromatic heterocycles. The minimum atomic E-state index is -0.423. The lowest BCUT2D eigenvalue weighted by Crippen LogP contribution is -2.30. The number of likely N-dealkylation sites (N-methyl/N-ethyl adjacent to an activating group) is 1. The second-order valence-electron chi connectivity index (χ2n) is 4.06. The Bertz CT molecular complexity index is 447. The van der Waals surface area contributed by atoms with Crippen molar-refractivity contribution in [2.75, 3.05) is 25.9 Å². The van der Waals surface area contributed by atoms with Gasteiger partial charge in [-0.15, -0.1) is 0 Å². The number of ether oxygens (including phenoxy) is 1. The van der Waals surface area contributed by atoms with Gasteiger partial charge in [-0.3, -0.25) is 0 Å². The average Bonchev–Trinajstić information content (AvgIpc) is 2.29. The normalized spacial score (nSPS) is 15.4. The van der Waals surface area contributed by atoms with Gasteiger partial charge in [-0.2, -0.15) is 0 Å². The summed E-state index contributed by atoms with van der Waals surface area (Å²) in [5.41, 5.74) is 7.61. The summed E-state index contributed by atoms with van der Waals surface area (Å²) < 4.78 is 4.98. The third-order valence-corrected chi connectivity index (χ3v) is 2.74. The molecule has 0 bridgehead atoms. The van der Waals surface area contributed by atoms with Gasteiger partial charge in [0.15, 0.2) is 5.69 Å². The van der Waals surface area contributed by atoms with E-state index in [2.05, 4.69) is 14.9 Å². The number of fused-ring (bicyclic) bond motifs is 1. The molecular weight excluding hydrogens is 220 g/mol. The number of nitrogens with zero attached hydrogens (tertiary/aromatic N) is 3. The Morgan fingerprint density at radius 1 is 1.53 bits per heavy atom. The Labute approximate surface area is 99.8 Å². The van der Waals surface area contributed by atoms with Crippen LogP contribution < -0.4 is 5.73 Å². The van der Waals surface area contributed by atoms with Gasteiger partial charge in [0.1, 0.15) is 0 Å². The summed E-state index contributed by atoms with van der Waals surface area (Å²) >= 11 is 0. The van der Waals surface area contributed by atoms with E-state index in [-0.39, 0.29) is 5.95 Å². The van der Waals surface area contributed by atoms with Gasteiger partial charge in [0.05, 0.1) is 12.3 Å². The number of anilines is 1. The van der Waals surface area contributed by atoms with E-state index in [1.165, 1.54) is 0 Å². The summed E-state index contributed by atoms with van der Waals surface area (Å²) in [4.78, 5) is 22.1. The second kappa shape index (κ2) is 4.67. The monoisotopic (exact) mass is 236 g/mol. The Morgan fingerprint density at radius 3 is 3.00 bits per heavy atom. The molecule has 17 heavy (non-hydrogen) atoms. The Hall–Kier alpha value is -1.69. The molecule has 0 aliphatic carbocycles. The van der Waals surface area contributed by atoms with Crippen molar-refractivity contribution in [1.29, 1.82) is 0 Å².